The minimum Gasteiger partial charge on any atom is -0.392 e. The number of aliphatic hydroxyl groups excluding tert-OH is 1. The third-order valence-corrected chi connectivity index (χ3v) is 7.56. The highest BCUT2D eigenvalue weighted by Crippen LogP contribution is 2.70. The Kier molecular flexibility index (Phi) is 3.61. The van der Waals surface area contributed by atoms with E-state index in [1.807, 2.05) is 0 Å². The summed E-state index contributed by atoms with van der Waals surface area (Å²) in [4.78, 5) is 0. The van der Waals surface area contributed by atoms with Crippen molar-refractivity contribution in [3.63, 3.8) is 0 Å². The van der Waals surface area contributed by atoms with Crippen molar-refractivity contribution in [2.45, 2.75) is 45.6 Å². The lowest BCUT2D eigenvalue weighted by Crippen LogP contribution is -2.39. The maximum atomic E-state index is 11.4. The lowest BCUT2D eigenvalue weighted by molar-refractivity contribution is -0.0139. The molecule has 0 saturated heterocycles. The predicted molar refractivity (Wildman–Crippen MR) is 98.8 cm³/mol. The zero-order valence-electron chi connectivity index (χ0n) is 14.9. The maximum absolute atomic E-state index is 11.4. The van der Waals surface area contributed by atoms with E-state index in [1.54, 1.807) is 0 Å². The van der Waals surface area contributed by atoms with Crippen molar-refractivity contribution >= 4 is 0 Å². The largest absolute Gasteiger partial charge is 0.392 e. The summed E-state index contributed by atoms with van der Waals surface area (Å²) in [5, 5.41) is 11.4. The van der Waals surface area contributed by atoms with Crippen molar-refractivity contribution in [1.29, 1.82) is 0 Å². The van der Waals surface area contributed by atoms with E-state index in [-0.39, 0.29) is 22.9 Å². The lowest BCUT2D eigenvalue weighted by atomic mass is 9.69. The Morgan fingerprint density at radius 1 is 0.875 bits per heavy atom. The molecule has 24 heavy (non-hydrogen) atoms. The molecule has 2 aliphatic carbocycles. The monoisotopic (exact) mass is 320 g/mol. The fourth-order valence-corrected chi connectivity index (χ4v) is 5.78. The summed E-state index contributed by atoms with van der Waals surface area (Å²) in [6, 6.07) is 21.6. The van der Waals surface area contributed by atoms with Crippen LogP contribution in [0.5, 0.6) is 0 Å². The van der Waals surface area contributed by atoms with Gasteiger partial charge in [-0.2, -0.15) is 0 Å². The molecule has 2 aromatic rings. The molecule has 2 saturated carbocycles. The zero-order chi connectivity index (χ0) is 16.9. The topological polar surface area (TPSA) is 20.2 Å². The molecular formula is C23H28O. The van der Waals surface area contributed by atoms with Crippen LogP contribution in [0.3, 0.4) is 0 Å². The van der Waals surface area contributed by atoms with Crippen LogP contribution in [-0.2, 0) is 0 Å². The van der Waals surface area contributed by atoms with Gasteiger partial charge >= 0.3 is 0 Å². The van der Waals surface area contributed by atoms with E-state index in [1.165, 1.54) is 17.5 Å². The van der Waals surface area contributed by atoms with Gasteiger partial charge in [0.25, 0.3) is 0 Å². The first-order valence-corrected chi connectivity index (χ1v) is 9.25. The second kappa shape index (κ2) is 5.46. The third-order valence-electron chi connectivity index (χ3n) is 7.56. The number of hydrogen-bond donors (Lipinski definition) is 1. The summed E-state index contributed by atoms with van der Waals surface area (Å²) in [5.74, 6) is 1.14. The van der Waals surface area contributed by atoms with Crippen molar-refractivity contribution in [2.75, 3.05) is 0 Å². The molecule has 2 fully saturated rings. The number of benzene rings is 2. The van der Waals surface area contributed by atoms with Crippen molar-refractivity contribution in [3.8, 4) is 0 Å². The number of fused-ring (bicyclic) bond motifs is 2. The molecule has 0 heterocycles. The van der Waals surface area contributed by atoms with Gasteiger partial charge in [0.05, 0.1) is 6.10 Å². The summed E-state index contributed by atoms with van der Waals surface area (Å²) in [6.07, 6.45) is 2.15. The van der Waals surface area contributed by atoms with Crippen LogP contribution in [0.2, 0.25) is 0 Å². The average Bonchev–Trinajstić information content (AvgIpc) is 2.91. The molecule has 126 valence electrons. The quantitative estimate of drug-likeness (QED) is 0.818. The van der Waals surface area contributed by atoms with Gasteiger partial charge in [0.15, 0.2) is 0 Å². The van der Waals surface area contributed by atoms with Crippen LogP contribution in [-0.4, -0.2) is 11.2 Å². The Hall–Kier alpha value is -1.60. The molecule has 0 radical (unpaired) electrons. The molecule has 2 aromatic carbocycles. The Morgan fingerprint density at radius 3 is 1.79 bits per heavy atom. The highest BCUT2D eigenvalue weighted by atomic mass is 16.3. The fourth-order valence-electron chi connectivity index (χ4n) is 5.78. The van der Waals surface area contributed by atoms with Crippen LogP contribution in [0.25, 0.3) is 0 Å². The standard InChI is InChI=1S/C23H28O/c1-22(2)18-14-15-23(22,3)21(24)20(18)19(16-10-6-4-7-11-16)17-12-8-5-9-13-17/h4-13,18-21,24H,14-15H2,1-3H3/t18-,20-,21-,23-/m0/s1. The molecule has 0 spiro atoms. The average molecular weight is 320 g/mol. The highest BCUT2D eigenvalue weighted by molar-refractivity contribution is 5.36. The van der Waals surface area contributed by atoms with Gasteiger partial charge in [0.1, 0.15) is 0 Å². The Bertz CT molecular complexity index is 666. The summed E-state index contributed by atoms with van der Waals surface area (Å²) >= 11 is 0. The number of rotatable bonds is 3. The molecule has 0 aliphatic heterocycles. The van der Waals surface area contributed by atoms with Crippen LogP contribution < -0.4 is 0 Å². The molecule has 1 N–H and O–H groups in total. The highest BCUT2D eigenvalue weighted by Gasteiger charge is 2.67. The van der Waals surface area contributed by atoms with Gasteiger partial charge in [0.2, 0.25) is 0 Å². The molecular weight excluding hydrogens is 292 g/mol. The molecule has 2 bridgehead atoms. The van der Waals surface area contributed by atoms with Gasteiger partial charge < -0.3 is 5.11 Å². The Morgan fingerprint density at radius 2 is 1.38 bits per heavy atom. The van der Waals surface area contributed by atoms with Gasteiger partial charge in [-0.1, -0.05) is 81.4 Å². The summed E-state index contributed by atoms with van der Waals surface area (Å²) in [5.41, 5.74) is 2.89. The first-order valence-electron chi connectivity index (χ1n) is 9.25. The SMILES string of the molecule is CC1(C)[C@H]2CC[C@@]1(C)[C@@H](O)[C@@H]2C(c1ccccc1)c1ccccc1. The minimum atomic E-state index is -0.239. The maximum Gasteiger partial charge on any atom is 0.0639 e. The van der Waals surface area contributed by atoms with Gasteiger partial charge in [-0.25, -0.2) is 0 Å². The van der Waals surface area contributed by atoms with Crippen LogP contribution in [0.1, 0.15) is 50.7 Å². The van der Waals surface area contributed by atoms with Crippen molar-refractivity contribution < 1.29 is 5.11 Å². The third kappa shape index (κ3) is 2.04. The molecule has 0 aromatic heterocycles. The molecule has 0 unspecified atom stereocenters. The first-order chi connectivity index (χ1) is 11.5. The zero-order valence-corrected chi connectivity index (χ0v) is 14.9. The smallest absolute Gasteiger partial charge is 0.0639 e. The first kappa shape index (κ1) is 15.9. The van der Waals surface area contributed by atoms with E-state index in [0.717, 1.165) is 6.42 Å². The minimum absolute atomic E-state index is 0.0319. The molecule has 4 atom stereocenters. The van der Waals surface area contributed by atoms with E-state index < -0.39 is 0 Å². The van der Waals surface area contributed by atoms with Crippen molar-refractivity contribution in [3.05, 3.63) is 71.8 Å². The fraction of sp³-hybridized carbons (Fsp3) is 0.478. The van der Waals surface area contributed by atoms with Gasteiger partial charge in [0, 0.05) is 5.92 Å². The van der Waals surface area contributed by atoms with E-state index in [4.69, 9.17) is 0 Å². The Labute approximate surface area is 145 Å². The summed E-state index contributed by atoms with van der Waals surface area (Å²) in [7, 11) is 0. The number of aliphatic hydroxyl groups is 1. The molecule has 0 amide bonds. The summed E-state index contributed by atoms with van der Waals surface area (Å²) in [6.45, 7) is 7.06. The normalized spacial score (nSPS) is 34.0. The molecule has 2 aliphatic rings. The van der Waals surface area contributed by atoms with Crippen molar-refractivity contribution in [1.82, 2.24) is 0 Å². The van der Waals surface area contributed by atoms with E-state index in [0.29, 0.717) is 11.8 Å². The molecule has 4 rings (SSSR count). The molecule has 1 heteroatoms. The van der Waals surface area contributed by atoms with Crippen LogP contribution >= 0.6 is 0 Å². The van der Waals surface area contributed by atoms with E-state index >= 15 is 0 Å². The van der Waals surface area contributed by atoms with Gasteiger partial charge in [-0.3, -0.25) is 0 Å². The van der Waals surface area contributed by atoms with E-state index in [2.05, 4.69) is 81.4 Å². The van der Waals surface area contributed by atoms with Crippen LogP contribution in [0.4, 0.5) is 0 Å². The second-order valence-corrected chi connectivity index (χ2v) is 8.61. The number of hydrogen-bond acceptors (Lipinski definition) is 1. The second-order valence-electron chi connectivity index (χ2n) is 8.61. The van der Waals surface area contributed by atoms with Crippen LogP contribution in [0, 0.1) is 22.7 Å². The lowest BCUT2D eigenvalue weighted by Gasteiger charge is -2.39. The van der Waals surface area contributed by atoms with Crippen molar-refractivity contribution in [2.24, 2.45) is 22.7 Å². The van der Waals surface area contributed by atoms with Gasteiger partial charge in [-0.05, 0) is 46.6 Å². The summed E-state index contributed by atoms with van der Waals surface area (Å²) < 4.78 is 0. The predicted octanol–water partition coefficient (Wildman–Crippen LogP) is 5.25. The van der Waals surface area contributed by atoms with Gasteiger partial charge in [-0.15, -0.1) is 0 Å². The van der Waals surface area contributed by atoms with E-state index in [9.17, 15) is 5.11 Å². The van der Waals surface area contributed by atoms with Crippen LogP contribution in [0.15, 0.2) is 60.7 Å². The Balaban J connectivity index is 1.84. The molecule has 1 nitrogen and oxygen atoms in total.